The Balaban J connectivity index is 0.000000177. The number of methoxy groups -OCH3 is 1. The molecule has 2 aliphatic rings. The lowest BCUT2D eigenvalue weighted by Gasteiger charge is -2.40. The molecule has 4 N–H and O–H groups in total. The zero-order chi connectivity index (χ0) is 41.1. The number of imidazole rings is 2. The molecule has 16 heteroatoms. The topological polar surface area (TPSA) is 164 Å². The van der Waals surface area contributed by atoms with Crippen LogP contribution in [0.2, 0.25) is 5.02 Å². The van der Waals surface area contributed by atoms with E-state index in [-0.39, 0.29) is 29.6 Å². The van der Waals surface area contributed by atoms with Gasteiger partial charge in [0.15, 0.2) is 0 Å². The van der Waals surface area contributed by atoms with E-state index in [2.05, 4.69) is 103 Å². The number of anilines is 4. The van der Waals surface area contributed by atoms with E-state index in [1.165, 1.54) is 5.56 Å². The van der Waals surface area contributed by atoms with Gasteiger partial charge < -0.3 is 34.3 Å². The molecule has 4 aromatic heterocycles. The second-order valence-electron chi connectivity index (χ2n) is 15.8. The van der Waals surface area contributed by atoms with E-state index in [0.29, 0.717) is 43.1 Å². The first-order valence-corrected chi connectivity index (χ1v) is 19.9. The normalized spacial score (nSPS) is 17.2. The fourth-order valence-electron chi connectivity index (χ4n) is 7.38. The van der Waals surface area contributed by atoms with Gasteiger partial charge in [-0.15, -0.1) is 0 Å². The Hall–Kier alpha value is -6.09. The molecule has 0 spiro atoms. The van der Waals surface area contributed by atoms with Crippen LogP contribution in [-0.2, 0) is 5.41 Å². The highest BCUT2D eigenvalue weighted by atomic mass is 35.5. The Morgan fingerprint density at radius 2 is 1.29 bits per heavy atom. The number of nitrogens with one attached hydrogen (secondary N) is 4. The summed E-state index contributed by atoms with van der Waals surface area (Å²) in [5.41, 5.74) is 5.79. The molecule has 0 radical (unpaired) electrons. The van der Waals surface area contributed by atoms with E-state index in [1.807, 2.05) is 60.5 Å². The number of amides is 4. The molecule has 2 aliphatic heterocycles. The molecule has 2 aromatic carbocycles. The van der Waals surface area contributed by atoms with Crippen LogP contribution in [0.1, 0.15) is 45.7 Å². The van der Waals surface area contributed by atoms with Crippen LogP contribution in [0.5, 0.6) is 5.75 Å². The van der Waals surface area contributed by atoms with Gasteiger partial charge in [0.2, 0.25) is 11.9 Å². The Morgan fingerprint density at radius 1 is 0.759 bits per heavy atom. The number of halogens is 1. The Morgan fingerprint density at radius 3 is 1.83 bits per heavy atom. The summed E-state index contributed by atoms with van der Waals surface area (Å²) in [5.74, 6) is 3.37. The summed E-state index contributed by atoms with van der Waals surface area (Å²) >= 11 is 6.25. The number of carbonyl (C=O) groups excluding carboxylic acids is 2. The maximum absolute atomic E-state index is 12.9. The van der Waals surface area contributed by atoms with Crippen molar-refractivity contribution < 1.29 is 14.3 Å². The number of hydrogen-bond acceptors (Lipinski definition) is 9. The van der Waals surface area contributed by atoms with Gasteiger partial charge in [0, 0.05) is 69.8 Å². The molecule has 0 aliphatic carbocycles. The first-order chi connectivity index (χ1) is 27.8. The van der Waals surface area contributed by atoms with Crippen molar-refractivity contribution in [2.75, 3.05) is 66.8 Å². The molecule has 304 valence electrons. The number of benzene rings is 2. The van der Waals surface area contributed by atoms with Gasteiger partial charge in [-0.1, -0.05) is 44.5 Å². The number of nitrogens with zero attached hydrogens (tertiary/aromatic N) is 8. The van der Waals surface area contributed by atoms with Crippen LogP contribution in [0.4, 0.5) is 33.1 Å². The molecule has 0 bridgehead atoms. The number of aromatic nitrogens is 6. The number of piperazine rings is 2. The average molecular weight is 807 g/mol. The number of hydrogen-bond donors (Lipinski definition) is 4. The van der Waals surface area contributed by atoms with E-state index < -0.39 is 0 Å². The average Bonchev–Trinajstić information content (AvgIpc) is 3.80. The summed E-state index contributed by atoms with van der Waals surface area (Å²) < 4.78 is 5.21. The SMILES string of the molecule is COc1ccc2nc(NC(=O)N3CCN(c4ncccc4Cl)C[C@H]3C)[nH]c2c1.Cc1cccnc1N1CCN(C(=O)Nc2nc3ccc(C(C)(C)C)cc3[nH]2)[C@H](C)C1. The minimum atomic E-state index is -0.190. The maximum Gasteiger partial charge on any atom is 0.324 e. The molecule has 2 atom stereocenters. The van der Waals surface area contributed by atoms with Crippen LogP contribution in [0.15, 0.2) is 73.1 Å². The number of H-pyrrole nitrogens is 2. The van der Waals surface area contributed by atoms with Crippen LogP contribution in [0.25, 0.3) is 22.1 Å². The monoisotopic (exact) mass is 806 g/mol. The third-order valence-electron chi connectivity index (χ3n) is 10.6. The zero-order valence-electron chi connectivity index (χ0n) is 34.0. The quantitative estimate of drug-likeness (QED) is 0.137. The van der Waals surface area contributed by atoms with Gasteiger partial charge in [-0.2, -0.15) is 0 Å². The lowest BCUT2D eigenvalue weighted by Crippen LogP contribution is -2.55. The van der Waals surface area contributed by atoms with E-state index in [4.69, 9.17) is 16.3 Å². The van der Waals surface area contributed by atoms with Crippen molar-refractivity contribution in [3.63, 3.8) is 0 Å². The Kier molecular flexibility index (Phi) is 11.6. The number of aryl methyl sites for hydroxylation is 1. The molecule has 4 amide bonds. The second-order valence-corrected chi connectivity index (χ2v) is 16.2. The molecule has 58 heavy (non-hydrogen) atoms. The van der Waals surface area contributed by atoms with Crippen LogP contribution < -0.4 is 25.2 Å². The smallest absolute Gasteiger partial charge is 0.324 e. The largest absolute Gasteiger partial charge is 0.497 e. The number of fused-ring (bicyclic) bond motifs is 2. The van der Waals surface area contributed by atoms with Crippen molar-refractivity contribution >= 4 is 69.3 Å². The van der Waals surface area contributed by atoms with Crippen molar-refractivity contribution in [2.45, 2.75) is 59.0 Å². The first-order valence-electron chi connectivity index (χ1n) is 19.5. The summed E-state index contributed by atoms with van der Waals surface area (Å²) in [7, 11) is 1.61. The number of aromatic amines is 2. The molecular formula is C42H51ClN12O3. The number of carbonyl (C=O) groups is 2. The molecule has 15 nitrogen and oxygen atoms in total. The third kappa shape index (κ3) is 8.89. The number of rotatable bonds is 5. The summed E-state index contributed by atoms with van der Waals surface area (Å²) in [6, 6.07) is 19.1. The van der Waals surface area contributed by atoms with Gasteiger partial charge in [0.1, 0.15) is 17.4 Å². The predicted molar refractivity (Wildman–Crippen MR) is 230 cm³/mol. The minimum Gasteiger partial charge on any atom is -0.497 e. The van der Waals surface area contributed by atoms with Gasteiger partial charge in [-0.3, -0.25) is 10.6 Å². The highest BCUT2D eigenvalue weighted by Crippen LogP contribution is 2.28. The Labute approximate surface area is 343 Å². The fourth-order valence-corrected chi connectivity index (χ4v) is 7.62. The molecule has 8 rings (SSSR count). The minimum absolute atomic E-state index is 0.00343. The number of urea groups is 2. The summed E-state index contributed by atoms with van der Waals surface area (Å²) in [6.07, 6.45) is 3.54. The maximum atomic E-state index is 12.9. The van der Waals surface area contributed by atoms with Crippen LogP contribution in [0, 0.1) is 6.92 Å². The van der Waals surface area contributed by atoms with Crippen molar-refractivity contribution in [1.29, 1.82) is 0 Å². The predicted octanol–water partition coefficient (Wildman–Crippen LogP) is 7.67. The third-order valence-corrected chi connectivity index (χ3v) is 10.9. The first kappa shape index (κ1) is 40.1. The molecule has 2 fully saturated rings. The van der Waals surface area contributed by atoms with Crippen molar-refractivity contribution in [3.8, 4) is 5.75 Å². The van der Waals surface area contributed by atoms with E-state index in [1.54, 1.807) is 18.2 Å². The van der Waals surface area contributed by atoms with E-state index >= 15 is 0 Å². The molecular weight excluding hydrogens is 756 g/mol. The van der Waals surface area contributed by atoms with Crippen molar-refractivity contribution in [2.24, 2.45) is 0 Å². The molecule has 2 saturated heterocycles. The lowest BCUT2D eigenvalue weighted by molar-refractivity contribution is 0.184. The Bertz CT molecular complexity index is 2410. The zero-order valence-corrected chi connectivity index (χ0v) is 34.8. The van der Waals surface area contributed by atoms with Crippen molar-refractivity contribution in [3.05, 3.63) is 89.2 Å². The van der Waals surface area contributed by atoms with Crippen LogP contribution in [-0.4, -0.2) is 110 Å². The standard InChI is InChI=1S/C23H30N6O.C19H21ClN6O2/c1-15-7-6-10-24-20(15)28-11-12-29(16(2)14-28)22(30)27-21-25-18-9-8-17(23(3,4)5)13-19(18)26-21;1-12-11-25(17-14(20)4-3-7-21-17)8-9-26(12)19(27)24-18-22-15-6-5-13(28-2)10-16(15)23-18/h6-10,13,16H,11-12,14H2,1-5H3,(H2,25,26,27,30);3-7,10,12H,8-9,11H2,1-2H3,(H2,22,23,24,27)/t16-;12-/m11/s1. The summed E-state index contributed by atoms with van der Waals surface area (Å²) in [5, 5.41) is 6.41. The fraction of sp³-hybridized carbons (Fsp3) is 0.381. The van der Waals surface area contributed by atoms with E-state index in [9.17, 15) is 9.59 Å². The summed E-state index contributed by atoms with van der Waals surface area (Å²) in [6.45, 7) is 16.7. The van der Waals surface area contributed by atoms with Gasteiger partial charge in [0.05, 0.1) is 34.2 Å². The highest BCUT2D eigenvalue weighted by molar-refractivity contribution is 6.32. The van der Waals surface area contributed by atoms with Gasteiger partial charge in [0.25, 0.3) is 0 Å². The van der Waals surface area contributed by atoms with Crippen LogP contribution in [0.3, 0.4) is 0 Å². The molecule has 6 aromatic rings. The van der Waals surface area contributed by atoms with Crippen LogP contribution >= 0.6 is 11.6 Å². The second kappa shape index (κ2) is 16.8. The lowest BCUT2D eigenvalue weighted by atomic mass is 9.87. The van der Waals surface area contributed by atoms with Gasteiger partial charge >= 0.3 is 12.1 Å². The van der Waals surface area contributed by atoms with Gasteiger partial charge in [-0.25, -0.2) is 29.5 Å². The molecule has 0 unspecified atom stereocenters. The van der Waals surface area contributed by atoms with Crippen molar-refractivity contribution in [1.82, 2.24) is 39.7 Å². The number of pyridine rings is 2. The van der Waals surface area contributed by atoms with Gasteiger partial charge in [-0.05, 0) is 79.8 Å². The highest BCUT2D eigenvalue weighted by Gasteiger charge is 2.31. The summed E-state index contributed by atoms with van der Waals surface area (Å²) in [4.78, 5) is 57.9. The number of ether oxygens (including phenoxy) is 1. The van der Waals surface area contributed by atoms with E-state index in [0.717, 1.165) is 58.1 Å². The molecule has 0 saturated carbocycles. The molecule has 6 heterocycles.